The molecule has 1 saturated heterocycles. The molecule has 0 saturated carbocycles. The monoisotopic (exact) mass is 448 g/mol. The van der Waals surface area contributed by atoms with Crippen molar-refractivity contribution < 1.29 is 32.0 Å². The Bertz CT molecular complexity index is 1050. The summed E-state index contributed by atoms with van der Waals surface area (Å²) in [5, 5.41) is 0. The maximum absolute atomic E-state index is 12.6. The number of ether oxygens (including phenoxy) is 1. The Hall–Kier alpha value is -3.14. The number of rotatable bonds is 6. The van der Waals surface area contributed by atoms with Gasteiger partial charge in [-0.25, -0.2) is 13.2 Å². The third kappa shape index (κ3) is 5.32. The molecule has 1 aliphatic rings. The minimum atomic E-state index is -3.69. The molecule has 0 spiro atoms. The second kappa shape index (κ2) is 9.34. The van der Waals surface area contributed by atoms with E-state index in [0.717, 1.165) is 0 Å². The van der Waals surface area contributed by atoms with E-state index in [1.54, 1.807) is 23.1 Å². The van der Waals surface area contributed by atoms with Crippen LogP contribution in [0, 0.1) is 0 Å². The number of hydrogen-bond donors (Lipinski definition) is 0. The Kier molecular flexibility index (Phi) is 6.79. The summed E-state index contributed by atoms with van der Waals surface area (Å²) in [7, 11) is -3.69. The Morgan fingerprint density at radius 1 is 1.03 bits per heavy atom. The first-order valence-electron chi connectivity index (χ1n) is 9.78. The number of carbonyl (C=O) groups is 3. The highest BCUT2D eigenvalue weighted by molar-refractivity contribution is 7.90. The van der Waals surface area contributed by atoms with Crippen molar-refractivity contribution in [3.05, 3.63) is 54.0 Å². The minimum absolute atomic E-state index is 0.0534. The summed E-state index contributed by atoms with van der Waals surface area (Å²) >= 11 is 0. The molecular formula is C21H24N2O7S. The van der Waals surface area contributed by atoms with Gasteiger partial charge in [0.1, 0.15) is 0 Å². The smallest absolute Gasteiger partial charge is 0.375 e. The van der Waals surface area contributed by atoms with Gasteiger partial charge in [0.15, 0.2) is 15.9 Å². The van der Waals surface area contributed by atoms with Gasteiger partial charge in [-0.1, -0.05) is 18.2 Å². The molecule has 1 unspecified atom stereocenters. The van der Waals surface area contributed by atoms with E-state index in [9.17, 15) is 22.8 Å². The van der Waals surface area contributed by atoms with E-state index in [0.29, 0.717) is 26.2 Å². The third-order valence-electron chi connectivity index (χ3n) is 5.05. The molecule has 10 heteroatoms. The van der Waals surface area contributed by atoms with Crippen LogP contribution < -0.4 is 0 Å². The van der Waals surface area contributed by atoms with Gasteiger partial charge in [-0.2, -0.15) is 0 Å². The lowest BCUT2D eigenvalue weighted by molar-refractivity contribution is -0.144. The highest BCUT2D eigenvalue weighted by Crippen LogP contribution is 2.21. The normalized spacial score (nSPS) is 15.4. The van der Waals surface area contributed by atoms with Crippen molar-refractivity contribution in [2.45, 2.75) is 30.6 Å². The second-order valence-corrected chi connectivity index (χ2v) is 9.22. The molecule has 2 heterocycles. The number of carbonyl (C=O) groups excluding carboxylic acids is 3. The Balaban J connectivity index is 1.63. The molecule has 166 valence electrons. The average molecular weight is 448 g/mol. The first-order valence-corrected chi connectivity index (χ1v) is 11.4. The van der Waals surface area contributed by atoms with Gasteiger partial charge in [0.05, 0.1) is 16.9 Å². The van der Waals surface area contributed by atoms with Crippen molar-refractivity contribution in [2.24, 2.45) is 0 Å². The molecule has 2 aromatic rings. The molecule has 1 aliphatic heterocycles. The summed E-state index contributed by atoms with van der Waals surface area (Å²) in [6.45, 7) is 4.45. The van der Waals surface area contributed by atoms with Crippen LogP contribution in [0.1, 0.15) is 30.0 Å². The van der Waals surface area contributed by atoms with E-state index < -0.39 is 27.7 Å². The highest BCUT2D eigenvalue weighted by atomic mass is 32.2. The first-order chi connectivity index (χ1) is 14.7. The van der Waals surface area contributed by atoms with E-state index in [1.165, 1.54) is 43.2 Å². The Morgan fingerprint density at radius 2 is 1.65 bits per heavy atom. The number of furan rings is 1. The summed E-state index contributed by atoms with van der Waals surface area (Å²) in [6.07, 6.45) is 0.125. The lowest BCUT2D eigenvalue weighted by Gasteiger charge is -2.35. The van der Waals surface area contributed by atoms with Crippen LogP contribution in [-0.4, -0.2) is 68.3 Å². The van der Waals surface area contributed by atoms with Crippen LogP contribution >= 0.6 is 0 Å². The zero-order valence-corrected chi connectivity index (χ0v) is 18.1. The topological polar surface area (TPSA) is 114 Å². The summed E-state index contributed by atoms with van der Waals surface area (Å²) < 4.78 is 35.6. The second-order valence-electron chi connectivity index (χ2n) is 7.23. The summed E-state index contributed by atoms with van der Waals surface area (Å²) in [4.78, 5) is 39.9. The van der Waals surface area contributed by atoms with Gasteiger partial charge in [0, 0.05) is 38.7 Å². The van der Waals surface area contributed by atoms with Crippen molar-refractivity contribution in [1.82, 2.24) is 9.80 Å². The molecule has 1 atom stereocenters. The SMILES string of the molecule is CC(=O)N1CCN(C(=O)C(C)OC(=O)c2occc2CS(=O)(=O)c2ccccc2)CC1. The fourth-order valence-electron chi connectivity index (χ4n) is 3.31. The number of piperazine rings is 1. The maximum Gasteiger partial charge on any atom is 0.375 e. The largest absolute Gasteiger partial charge is 0.457 e. The maximum atomic E-state index is 12.6. The Labute approximate surface area is 180 Å². The van der Waals surface area contributed by atoms with Gasteiger partial charge < -0.3 is 19.0 Å². The molecule has 3 rings (SSSR count). The Morgan fingerprint density at radius 3 is 2.26 bits per heavy atom. The lowest BCUT2D eigenvalue weighted by Crippen LogP contribution is -2.52. The molecule has 2 amide bonds. The van der Waals surface area contributed by atoms with Crippen molar-refractivity contribution >= 4 is 27.6 Å². The standard InChI is InChI=1S/C21H24N2O7S/c1-15(20(25)23-11-9-22(10-12-23)16(2)24)30-21(26)19-17(8-13-29-19)14-31(27,28)18-6-4-3-5-7-18/h3-8,13,15H,9-12,14H2,1-2H3. The van der Waals surface area contributed by atoms with Gasteiger partial charge >= 0.3 is 5.97 Å². The van der Waals surface area contributed by atoms with Crippen LogP contribution in [0.4, 0.5) is 0 Å². The average Bonchev–Trinajstić information content (AvgIpc) is 3.21. The zero-order chi connectivity index (χ0) is 22.6. The van der Waals surface area contributed by atoms with Crippen molar-refractivity contribution in [2.75, 3.05) is 26.2 Å². The fraction of sp³-hybridized carbons (Fsp3) is 0.381. The van der Waals surface area contributed by atoms with Crippen molar-refractivity contribution in [3.8, 4) is 0 Å². The van der Waals surface area contributed by atoms with Gasteiger partial charge in [0.25, 0.3) is 5.91 Å². The van der Waals surface area contributed by atoms with E-state index in [-0.39, 0.29) is 28.0 Å². The van der Waals surface area contributed by atoms with E-state index in [1.807, 2.05) is 0 Å². The number of amides is 2. The van der Waals surface area contributed by atoms with Gasteiger partial charge in [-0.15, -0.1) is 0 Å². The number of esters is 1. The van der Waals surface area contributed by atoms with Gasteiger partial charge in [0.2, 0.25) is 11.7 Å². The predicted molar refractivity (Wildman–Crippen MR) is 110 cm³/mol. The minimum Gasteiger partial charge on any atom is -0.457 e. The molecule has 1 fully saturated rings. The number of hydrogen-bond acceptors (Lipinski definition) is 7. The third-order valence-corrected chi connectivity index (χ3v) is 6.73. The van der Waals surface area contributed by atoms with Crippen LogP contribution in [0.25, 0.3) is 0 Å². The number of benzene rings is 1. The number of nitrogens with zero attached hydrogens (tertiary/aromatic N) is 2. The molecule has 1 aromatic heterocycles. The van der Waals surface area contributed by atoms with Gasteiger partial charge in [-0.05, 0) is 25.1 Å². The highest BCUT2D eigenvalue weighted by Gasteiger charge is 2.30. The zero-order valence-electron chi connectivity index (χ0n) is 17.3. The fourth-order valence-corrected chi connectivity index (χ4v) is 4.68. The first kappa shape index (κ1) is 22.5. The number of sulfone groups is 1. The molecule has 1 aromatic carbocycles. The molecule has 0 aliphatic carbocycles. The predicted octanol–water partition coefficient (Wildman–Crippen LogP) is 1.49. The lowest BCUT2D eigenvalue weighted by atomic mass is 10.2. The van der Waals surface area contributed by atoms with E-state index in [4.69, 9.17) is 9.15 Å². The van der Waals surface area contributed by atoms with E-state index in [2.05, 4.69) is 0 Å². The van der Waals surface area contributed by atoms with Gasteiger partial charge in [-0.3, -0.25) is 9.59 Å². The summed E-state index contributed by atoms with van der Waals surface area (Å²) in [5.74, 6) is -2.04. The molecule has 0 N–H and O–H groups in total. The molecular weight excluding hydrogens is 424 g/mol. The van der Waals surface area contributed by atoms with Crippen LogP contribution in [0.5, 0.6) is 0 Å². The van der Waals surface area contributed by atoms with Crippen LogP contribution in [0.15, 0.2) is 52.0 Å². The van der Waals surface area contributed by atoms with Crippen LogP contribution in [-0.2, 0) is 29.9 Å². The van der Waals surface area contributed by atoms with Crippen LogP contribution in [0.3, 0.4) is 0 Å². The van der Waals surface area contributed by atoms with Crippen LogP contribution in [0.2, 0.25) is 0 Å². The summed E-state index contributed by atoms with van der Waals surface area (Å²) in [5.41, 5.74) is 0.156. The van der Waals surface area contributed by atoms with Crippen molar-refractivity contribution in [1.29, 1.82) is 0 Å². The molecule has 0 radical (unpaired) electrons. The van der Waals surface area contributed by atoms with E-state index >= 15 is 0 Å². The molecule has 31 heavy (non-hydrogen) atoms. The quantitative estimate of drug-likeness (QED) is 0.615. The summed E-state index contributed by atoms with van der Waals surface area (Å²) in [6, 6.07) is 9.27. The molecule has 0 bridgehead atoms. The molecule has 9 nitrogen and oxygen atoms in total. The van der Waals surface area contributed by atoms with Crippen molar-refractivity contribution in [3.63, 3.8) is 0 Å².